The highest BCUT2D eigenvalue weighted by Crippen LogP contribution is 2.30. The lowest BCUT2D eigenvalue weighted by Gasteiger charge is -2.09. The molecule has 0 radical (unpaired) electrons. The van der Waals surface area contributed by atoms with Gasteiger partial charge in [-0.05, 0) is 6.07 Å². The van der Waals surface area contributed by atoms with Crippen LogP contribution in [-0.2, 0) is 4.74 Å². The van der Waals surface area contributed by atoms with Gasteiger partial charge >= 0.3 is 5.69 Å². The molecule has 0 aliphatic rings. The van der Waals surface area contributed by atoms with Crippen molar-refractivity contribution in [3.8, 4) is 0 Å². The van der Waals surface area contributed by atoms with Gasteiger partial charge in [0.2, 0.25) is 0 Å². The van der Waals surface area contributed by atoms with Crippen LogP contribution in [0, 0.1) is 10.1 Å². The quantitative estimate of drug-likeness (QED) is 0.498. The number of nitrogens with zero attached hydrogens (tertiary/aromatic N) is 2. The van der Waals surface area contributed by atoms with Crippen LogP contribution in [0.1, 0.15) is 0 Å². The van der Waals surface area contributed by atoms with Crippen LogP contribution in [0.2, 0.25) is 0 Å². The van der Waals surface area contributed by atoms with Crippen molar-refractivity contribution in [3.05, 3.63) is 40.6 Å². The summed E-state index contributed by atoms with van der Waals surface area (Å²) in [6.45, 7) is 0.985. The molecule has 6 heteroatoms. The zero-order valence-electron chi connectivity index (χ0n) is 9.92. The van der Waals surface area contributed by atoms with Crippen LogP contribution in [-0.4, -0.2) is 30.2 Å². The molecule has 2 rings (SSSR count). The number of para-hydroxylation sites is 1. The van der Waals surface area contributed by atoms with Gasteiger partial charge in [-0.1, -0.05) is 18.2 Å². The summed E-state index contributed by atoms with van der Waals surface area (Å²) in [5, 5.41) is 14.8. The number of hydrogen-bond donors (Lipinski definition) is 1. The number of hydrogen-bond acceptors (Lipinski definition) is 5. The number of fused-ring (bicyclic) bond motifs is 1. The molecule has 0 amide bonds. The summed E-state index contributed by atoms with van der Waals surface area (Å²) in [6.07, 6.45) is 1.28. The van der Waals surface area contributed by atoms with Crippen LogP contribution in [0.15, 0.2) is 30.5 Å². The van der Waals surface area contributed by atoms with Crippen molar-refractivity contribution in [2.45, 2.75) is 0 Å². The van der Waals surface area contributed by atoms with E-state index >= 15 is 0 Å². The highest BCUT2D eigenvalue weighted by atomic mass is 16.6. The van der Waals surface area contributed by atoms with Gasteiger partial charge in [-0.2, -0.15) is 0 Å². The van der Waals surface area contributed by atoms with Gasteiger partial charge in [0.15, 0.2) is 0 Å². The molecule has 6 nitrogen and oxygen atoms in total. The monoisotopic (exact) mass is 247 g/mol. The van der Waals surface area contributed by atoms with Gasteiger partial charge in [-0.25, -0.2) is 4.98 Å². The number of methoxy groups -OCH3 is 1. The van der Waals surface area contributed by atoms with E-state index in [1.54, 1.807) is 7.11 Å². The van der Waals surface area contributed by atoms with Crippen molar-refractivity contribution in [3.63, 3.8) is 0 Å². The minimum atomic E-state index is -0.436. The summed E-state index contributed by atoms with van der Waals surface area (Å²) in [6, 6.07) is 7.31. The average molecular weight is 247 g/mol. The standard InChI is InChI=1S/C12H13N3O3/c1-18-7-6-13-12-9-4-2-3-5-10(9)14-8-11(12)15(16)17/h2-5,8H,6-7H2,1H3,(H,13,14). The Labute approximate surface area is 104 Å². The molecule has 0 saturated carbocycles. The van der Waals surface area contributed by atoms with Gasteiger partial charge in [0, 0.05) is 19.0 Å². The second-order valence-corrected chi connectivity index (χ2v) is 3.71. The minimum Gasteiger partial charge on any atom is -0.383 e. The molecular weight excluding hydrogens is 234 g/mol. The van der Waals surface area contributed by atoms with E-state index in [4.69, 9.17) is 4.74 Å². The van der Waals surface area contributed by atoms with Crippen LogP contribution in [0.3, 0.4) is 0 Å². The number of pyridine rings is 1. The maximum Gasteiger partial charge on any atom is 0.311 e. The SMILES string of the molecule is COCCNc1c([N+](=O)[O-])cnc2ccccc12. The first-order valence-electron chi connectivity index (χ1n) is 5.49. The van der Waals surface area contributed by atoms with Crippen LogP contribution in [0.4, 0.5) is 11.4 Å². The number of benzene rings is 1. The third kappa shape index (κ3) is 2.38. The average Bonchev–Trinajstić information content (AvgIpc) is 2.38. The van der Waals surface area contributed by atoms with E-state index in [2.05, 4.69) is 10.3 Å². The van der Waals surface area contributed by atoms with Crippen molar-refractivity contribution in [2.75, 3.05) is 25.6 Å². The van der Waals surface area contributed by atoms with Crippen LogP contribution >= 0.6 is 0 Å². The van der Waals surface area contributed by atoms with Gasteiger partial charge in [-0.3, -0.25) is 10.1 Å². The first-order chi connectivity index (χ1) is 8.74. The Balaban J connectivity index is 2.48. The predicted molar refractivity (Wildman–Crippen MR) is 68.8 cm³/mol. The highest BCUT2D eigenvalue weighted by Gasteiger charge is 2.17. The number of ether oxygens (including phenoxy) is 1. The Hall–Kier alpha value is -2.21. The second kappa shape index (κ2) is 5.42. The minimum absolute atomic E-state index is 0.0233. The molecule has 0 bridgehead atoms. The van der Waals surface area contributed by atoms with Gasteiger partial charge in [-0.15, -0.1) is 0 Å². The first-order valence-corrected chi connectivity index (χ1v) is 5.49. The fraction of sp³-hybridized carbons (Fsp3) is 0.250. The summed E-state index contributed by atoms with van der Waals surface area (Å²) in [7, 11) is 1.58. The normalized spacial score (nSPS) is 10.5. The molecule has 2 aromatic rings. The van der Waals surface area contributed by atoms with Gasteiger partial charge < -0.3 is 10.1 Å². The number of aromatic nitrogens is 1. The highest BCUT2D eigenvalue weighted by molar-refractivity contribution is 5.95. The molecule has 0 spiro atoms. The largest absolute Gasteiger partial charge is 0.383 e. The smallest absolute Gasteiger partial charge is 0.311 e. The summed E-state index contributed by atoms with van der Waals surface area (Å²) in [4.78, 5) is 14.6. The van der Waals surface area contributed by atoms with Gasteiger partial charge in [0.05, 0.1) is 17.0 Å². The lowest BCUT2D eigenvalue weighted by molar-refractivity contribution is -0.384. The molecule has 0 atom stereocenters. The molecule has 0 aliphatic carbocycles. The van der Waals surface area contributed by atoms with Crippen molar-refractivity contribution in [1.29, 1.82) is 0 Å². The molecule has 0 unspecified atom stereocenters. The molecule has 0 saturated heterocycles. The Bertz CT molecular complexity index is 571. The summed E-state index contributed by atoms with van der Waals surface area (Å²) < 4.78 is 4.93. The van der Waals surface area contributed by atoms with Crippen molar-refractivity contribution in [2.24, 2.45) is 0 Å². The van der Waals surface area contributed by atoms with E-state index in [1.165, 1.54) is 6.20 Å². The molecular formula is C12H13N3O3. The summed E-state index contributed by atoms with van der Waals surface area (Å²) in [5.74, 6) is 0. The number of nitro groups is 1. The van der Waals surface area contributed by atoms with E-state index < -0.39 is 4.92 Å². The maximum atomic E-state index is 11.0. The predicted octanol–water partition coefficient (Wildman–Crippen LogP) is 2.20. The Morgan fingerprint density at radius 3 is 2.94 bits per heavy atom. The maximum absolute atomic E-state index is 11.0. The lowest BCUT2D eigenvalue weighted by Crippen LogP contribution is -2.10. The van der Waals surface area contributed by atoms with E-state index in [0.717, 1.165) is 10.9 Å². The second-order valence-electron chi connectivity index (χ2n) is 3.71. The van der Waals surface area contributed by atoms with E-state index in [-0.39, 0.29) is 5.69 Å². The molecule has 94 valence electrons. The van der Waals surface area contributed by atoms with Gasteiger partial charge in [0.1, 0.15) is 11.9 Å². The molecule has 1 heterocycles. The van der Waals surface area contributed by atoms with E-state index in [1.807, 2.05) is 24.3 Å². The van der Waals surface area contributed by atoms with Crippen molar-refractivity contribution < 1.29 is 9.66 Å². The lowest BCUT2D eigenvalue weighted by atomic mass is 10.1. The van der Waals surface area contributed by atoms with Crippen LogP contribution in [0.25, 0.3) is 10.9 Å². The Morgan fingerprint density at radius 1 is 1.44 bits per heavy atom. The third-order valence-corrected chi connectivity index (χ3v) is 2.56. The molecule has 1 aromatic carbocycles. The fourth-order valence-corrected chi connectivity index (χ4v) is 1.73. The molecule has 0 aliphatic heterocycles. The molecule has 1 aromatic heterocycles. The number of anilines is 1. The van der Waals surface area contributed by atoms with Crippen LogP contribution < -0.4 is 5.32 Å². The zero-order chi connectivity index (χ0) is 13.0. The zero-order valence-corrected chi connectivity index (χ0v) is 9.92. The summed E-state index contributed by atoms with van der Waals surface area (Å²) >= 11 is 0. The fourth-order valence-electron chi connectivity index (χ4n) is 1.73. The van der Waals surface area contributed by atoms with E-state index in [9.17, 15) is 10.1 Å². The topological polar surface area (TPSA) is 77.3 Å². The van der Waals surface area contributed by atoms with Gasteiger partial charge in [0.25, 0.3) is 0 Å². The third-order valence-electron chi connectivity index (χ3n) is 2.56. The van der Waals surface area contributed by atoms with Crippen molar-refractivity contribution >= 4 is 22.3 Å². The van der Waals surface area contributed by atoms with E-state index in [0.29, 0.717) is 18.8 Å². The Morgan fingerprint density at radius 2 is 2.22 bits per heavy atom. The molecule has 18 heavy (non-hydrogen) atoms. The molecule has 0 fully saturated rings. The number of nitrogens with one attached hydrogen (secondary N) is 1. The Kier molecular flexibility index (Phi) is 3.69. The van der Waals surface area contributed by atoms with Crippen molar-refractivity contribution in [1.82, 2.24) is 4.98 Å². The van der Waals surface area contributed by atoms with Crippen LogP contribution in [0.5, 0.6) is 0 Å². The first kappa shape index (κ1) is 12.3. The molecule has 1 N–H and O–H groups in total. The summed E-state index contributed by atoms with van der Waals surface area (Å²) in [5.41, 5.74) is 1.19. The number of rotatable bonds is 5.